The van der Waals surface area contributed by atoms with E-state index in [1.807, 2.05) is 33.8 Å². The summed E-state index contributed by atoms with van der Waals surface area (Å²) in [7, 11) is 0. The minimum Gasteiger partial charge on any atom is -0.480 e. The lowest BCUT2D eigenvalue weighted by Crippen LogP contribution is -2.46. The van der Waals surface area contributed by atoms with Gasteiger partial charge in [-0.2, -0.15) is 13.2 Å². The second-order valence-corrected chi connectivity index (χ2v) is 10.0. The van der Waals surface area contributed by atoms with E-state index in [9.17, 15) is 13.2 Å². The molecule has 2 aromatic carbocycles. The Kier molecular flexibility index (Phi) is 9.16. The molecule has 0 saturated carbocycles. The van der Waals surface area contributed by atoms with Crippen LogP contribution in [-0.4, -0.2) is 36.6 Å². The molecule has 2 aromatic rings. The molecule has 1 heterocycles. The summed E-state index contributed by atoms with van der Waals surface area (Å²) in [5, 5.41) is 0.445. The van der Waals surface area contributed by atoms with Crippen molar-refractivity contribution in [1.82, 2.24) is 0 Å². The number of ether oxygens (including phenoxy) is 3. The number of hydrogen-bond donors (Lipinski definition) is 0. The zero-order valence-corrected chi connectivity index (χ0v) is 22.8. The van der Waals surface area contributed by atoms with Crippen molar-refractivity contribution in [2.24, 2.45) is 15.9 Å². The summed E-state index contributed by atoms with van der Waals surface area (Å²) in [6.45, 7) is 13.0. The zero-order chi connectivity index (χ0) is 27.4. The van der Waals surface area contributed by atoms with Crippen LogP contribution in [0.4, 0.5) is 13.2 Å². The van der Waals surface area contributed by atoms with E-state index >= 15 is 0 Å². The van der Waals surface area contributed by atoms with Gasteiger partial charge in [0, 0.05) is 5.02 Å². The summed E-state index contributed by atoms with van der Waals surface area (Å²) in [6.07, 6.45) is -3.89. The average Bonchev–Trinajstić information content (AvgIpc) is 2.80. The van der Waals surface area contributed by atoms with E-state index in [0.29, 0.717) is 42.2 Å². The fourth-order valence-electron chi connectivity index (χ4n) is 4.39. The standard InChI is InChI=1S/C28H34ClF3N2O3/c1-7-35-25-24(17(3)4)33-26(36-8-2)27(6,34-25)16-18(5)22-13-12-21(15-23(22)29)37-20-11-9-10-19(14-20)28(30,31)32/h9-15,17-18,24H,7-8,16H2,1-6H3/t18-,24+,27?/m1/s1. The van der Waals surface area contributed by atoms with Crippen molar-refractivity contribution in [3.63, 3.8) is 0 Å². The number of nitrogens with zero attached hydrogens (tertiary/aromatic N) is 2. The third-order valence-electron chi connectivity index (χ3n) is 6.14. The van der Waals surface area contributed by atoms with Crippen LogP contribution in [0.1, 0.15) is 65.0 Å². The molecule has 1 unspecified atom stereocenters. The van der Waals surface area contributed by atoms with Crippen molar-refractivity contribution in [2.45, 2.75) is 71.6 Å². The first-order chi connectivity index (χ1) is 17.4. The second kappa shape index (κ2) is 11.8. The molecule has 0 radical (unpaired) electrons. The van der Waals surface area contributed by atoms with E-state index in [4.69, 9.17) is 35.8 Å². The number of halogens is 4. The molecule has 0 aromatic heterocycles. The minimum absolute atomic E-state index is 0.0482. The molecule has 1 aliphatic heterocycles. The van der Waals surface area contributed by atoms with E-state index in [1.165, 1.54) is 12.1 Å². The highest BCUT2D eigenvalue weighted by Crippen LogP contribution is 2.38. The first-order valence-electron chi connectivity index (χ1n) is 12.5. The van der Waals surface area contributed by atoms with E-state index < -0.39 is 17.3 Å². The molecule has 37 heavy (non-hydrogen) atoms. The summed E-state index contributed by atoms with van der Waals surface area (Å²) >= 11 is 6.62. The largest absolute Gasteiger partial charge is 0.480 e. The maximum atomic E-state index is 13.0. The van der Waals surface area contributed by atoms with Crippen LogP contribution in [0.2, 0.25) is 5.02 Å². The van der Waals surface area contributed by atoms with Crippen LogP contribution in [0.5, 0.6) is 11.5 Å². The predicted octanol–water partition coefficient (Wildman–Crippen LogP) is 8.31. The third kappa shape index (κ3) is 6.98. The topological polar surface area (TPSA) is 52.4 Å². The number of alkyl halides is 3. The first kappa shape index (κ1) is 28.8. The Morgan fingerprint density at radius 3 is 2.27 bits per heavy atom. The highest BCUT2D eigenvalue weighted by molar-refractivity contribution is 6.31. The number of benzene rings is 2. The van der Waals surface area contributed by atoms with Gasteiger partial charge in [0.2, 0.25) is 11.8 Å². The van der Waals surface area contributed by atoms with Gasteiger partial charge in [-0.05, 0) is 74.9 Å². The molecule has 0 aliphatic carbocycles. The van der Waals surface area contributed by atoms with Crippen LogP contribution in [0.25, 0.3) is 0 Å². The molecule has 0 saturated heterocycles. The van der Waals surface area contributed by atoms with Gasteiger partial charge in [-0.15, -0.1) is 0 Å². The van der Waals surface area contributed by atoms with Gasteiger partial charge in [0.1, 0.15) is 23.1 Å². The van der Waals surface area contributed by atoms with Gasteiger partial charge in [0.15, 0.2) is 0 Å². The van der Waals surface area contributed by atoms with Gasteiger partial charge in [0.25, 0.3) is 0 Å². The molecule has 5 nitrogen and oxygen atoms in total. The van der Waals surface area contributed by atoms with Crippen molar-refractivity contribution in [3.8, 4) is 11.5 Å². The monoisotopic (exact) mass is 538 g/mol. The Bertz CT molecular complexity index is 1150. The van der Waals surface area contributed by atoms with Gasteiger partial charge in [-0.1, -0.05) is 44.5 Å². The first-order valence-corrected chi connectivity index (χ1v) is 12.8. The Morgan fingerprint density at radius 2 is 1.68 bits per heavy atom. The molecular formula is C28H34ClF3N2O3. The molecule has 3 atom stereocenters. The molecule has 0 spiro atoms. The summed E-state index contributed by atoms with van der Waals surface area (Å²) in [5.41, 5.74) is -0.670. The molecule has 0 N–H and O–H groups in total. The Morgan fingerprint density at radius 1 is 1.00 bits per heavy atom. The van der Waals surface area contributed by atoms with Crippen molar-refractivity contribution in [3.05, 3.63) is 58.6 Å². The molecule has 3 rings (SSSR count). The molecule has 202 valence electrons. The van der Waals surface area contributed by atoms with Crippen molar-refractivity contribution < 1.29 is 27.4 Å². The molecular weight excluding hydrogens is 505 g/mol. The predicted molar refractivity (Wildman–Crippen MR) is 141 cm³/mol. The van der Waals surface area contributed by atoms with Crippen LogP contribution < -0.4 is 4.74 Å². The SMILES string of the molecule is CCOC1=NC(C)(C[C@@H](C)c2ccc(Oc3cccc(C(F)(F)F)c3)cc2Cl)C(OCC)=N[C@H]1C(C)C. The van der Waals surface area contributed by atoms with Crippen LogP contribution in [0, 0.1) is 5.92 Å². The summed E-state index contributed by atoms with van der Waals surface area (Å²) in [6, 6.07) is 9.65. The molecule has 0 amide bonds. The summed E-state index contributed by atoms with van der Waals surface area (Å²) in [4.78, 5) is 9.87. The average molecular weight is 539 g/mol. The van der Waals surface area contributed by atoms with Crippen LogP contribution >= 0.6 is 11.6 Å². The van der Waals surface area contributed by atoms with Gasteiger partial charge in [0.05, 0.1) is 18.8 Å². The van der Waals surface area contributed by atoms with Crippen LogP contribution in [0.3, 0.4) is 0 Å². The zero-order valence-electron chi connectivity index (χ0n) is 22.0. The highest BCUT2D eigenvalue weighted by Gasteiger charge is 2.41. The van der Waals surface area contributed by atoms with E-state index in [0.717, 1.165) is 17.7 Å². The third-order valence-corrected chi connectivity index (χ3v) is 6.46. The van der Waals surface area contributed by atoms with E-state index in [2.05, 4.69) is 13.8 Å². The number of rotatable bonds is 8. The smallest absolute Gasteiger partial charge is 0.416 e. The Labute approximate surface area is 221 Å². The maximum Gasteiger partial charge on any atom is 0.416 e. The fraction of sp³-hybridized carbons (Fsp3) is 0.500. The Hall–Kier alpha value is -2.74. The van der Waals surface area contributed by atoms with Crippen molar-refractivity contribution in [1.29, 1.82) is 0 Å². The van der Waals surface area contributed by atoms with Crippen molar-refractivity contribution in [2.75, 3.05) is 13.2 Å². The van der Waals surface area contributed by atoms with Gasteiger partial charge in [-0.3, -0.25) is 0 Å². The molecule has 9 heteroatoms. The van der Waals surface area contributed by atoms with Gasteiger partial charge >= 0.3 is 6.18 Å². The van der Waals surface area contributed by atoms with Gasteiger partial charge < -0.3 is 14.2 Å². The fourth-order valence-corrected chi connectivity index (χ4v) is 4.75. The lowest BCUT2D eigenvalue weighted by atomic mass is 9.84. The normalized spacial score (nSPS) is 20.8. The lowest BCUT2D eigenvalue weighted by Gasteiger charge is -2.36. The summed E-state index contributed by atoms with van der Waals surface area (Å²) < 4.78 is 56.6. The van der Waals surface area contributed by atoms with Crippen molar-refractivity contribution >= 4 is 23.4 Å². The van der Waals surface area contributed by atoms with E-state index in [-0.39, 0.29) is 23.6 Å². The van der Waals surface area contributed by atoms with E-state index in [1.54, 1.807) is 12.1 Å². The quantitative estimate of drug-likeness (QED) is 0.339. The number of aliphatic imine (C=N–C) groups is 2. The van der Waals surface area contributed by atoms with Crippen LogP contribution in [0.15, 0.2) is 52.4 Å². The van der Waals surface area contributed by atoms with Gasteiger partial charge in [-0.25, -0.2) is 9.98 Å². The maximum absolute atomic E-state index is 13.0. The minimum atomic E-state index is -4.45. The second-order valence-electron chi connectivity index (χ2n) is 9.63. The molecule has 0 bridgehead atoms. The molecule has 1 aliphatic rings. The highest BCUT2D eigenvalue weighted by atomic mass is 35.5. The number of hydrogen-bond acceptors (Lipinski definition) is 5. The summed E-state index contributed by atoms with van der Waals surface area (Å²) in [5.74, 6) is 1.75. The Balaban J connectivity index is 1.84. The molecule has 0 fully saturated rings. The van der Waals surface area contributed by atoms with Crippen LogP contribution in [-0.2, 0) is 15.7 Å². The lowest BCUT2D eigenvalue weighted by molar-refractivity contribution is -0.137.